The fourth-order valence-corrected chi connectivity index (χ4v) is 1.72. The van der Waals surface area contributed by atoms with E-state index in [-0.39, 0.29) is 17.9 Å². The quantitative estimate of drug-likeness (QED) is 0.512. The van der Waals surface area contributed by atoms with Gasteiger partial charge < -0.3 is 9.72 Å². The number of carbonyl (C=O) groups excluding carboxylic acids is 1. The summed E-state index contributed by atoms with van der Waals surface area (Å²) in [6.45, 7) is 3.39. The summed E-state index contributed by atoms with van der Waals surface area (Å²) < 4.78 is 4.85. The largest absolute Gasteiger partial charge is 0.462 e. The Morgan fingerprint density at radius 2 is 2.17 bits per heavy atom. The Labute approximate surface area is 107 Å². The van der Waals surface area contributed by atoms with Gasteiger partial charge in [0.15, 0.2) is 0 Å². The fourth-order valence-electron chi connectivity index (χ4n) is 1.35. The lowest BCUT2D eigenvalue weighted by Crippen LogP contribution is -2.19. The van der Waals surface area contributed by atoms with E-state index in [2.05, 4.69) is 4.98 Å². The van der Waals surface area contributed by atoms with Crippen molar-refractivity contribution in [1.29, 1.82) is 0 Å². The molecule has 0 bridgehead atoms. The van der Waals surface area contributed by atoms with Crippen molar-refractivity contribution in [2.45, 2.75) is 20.3 Å². The highest BCUT2D eigenvalue weighted by atomic mass is 35.5. The molecule has 0 saturated heterocycles. The number of hydrogen-bond acceptors (Lipinski definition) is 5. The van der Waals surface area contributed by atoms with Crippen LogP contribution in [0.1, 0.15) is 29.4 Å². The second kappa shape index (κ2) is 5.63. The van der Waals surface area contributed by atoms with Crippen LogP contribution in [0.3, 0.4) is 0 Å². The van der Waals surface area contributed by atoms with Crippen LogP contribution in [0, 0.1) is 17.0 Å². The number of aromatic nitrogens is 1. The number of rotatable bonds is 4. The van der Waals surface area contributed by atoms with Crippen LogP contribution in [0.25, 0.3) is 0 Å². The van der Waals surface area contributed by atoms with Crippen LogP contribution >= 0.6 is 11.6 Å². The zero-order valence-corrected chi connectivity index (χ0v) is 10.5. The number of aryl methyl sites for hydroxylation is 1. The molecule has 0 fully saturated rings. The molecule has 0 amide bonds. The molecule has 0 aliphatic rings. The van der Waals surface area contributed by atoms with E-state index in [1.165, 1.54) is 6.92 Å². The van der Waals surface area contributed by atoms with E-state index in [0.29, 0.717) is 6.42 Å². The van der Waals surface area contributed by atoms with Crippen molar-refractivity contribution in [2.24, 2.45) is 0 Å². The van der Waals surface area contributed by atoms with E-state index in [9.17, 15) is 19.7 Å². The van der Waals surface area contributed by atoms with Crippen molar-refractivity contribution < 1.29 is 14.5 Å². The minimum Gasteiger partial charge on any atom is -0.462 e. The first-order valence-electron chi connectivity index (χ1n) is 5.14. The Morgan fingerprint density at radius 3 is 2.67 bits per heavy atom. The fraction of sp³-hybridized carbons (Fsp3) is 0.400. The van der Waals surface area contributed by atoms with Crippen LogP contribution in [-0.2, 0) is 4.74 Å². The number of nitrogens with zero attached hydrogens (tertiary/aromatic N) is 1. The summed E-state index contributed by atoms with van der Waals surface area (Å²) in [4.78, 5) is 35.0. The van der Waals surface area contributed by atoms with Gasteiger partial charge in [-0.25, -0.2) is 4.79 Å². The lowest BCUT2D eigenvalue weighted by atomic mass is 10.2. The van der Waals surface area contributed by atoms with Crippen LogP contribution in [0.5, 0.6) is 0 Å². The number of hydrogen-bond donors (Lipinski definition) is 1. The number of nitrogens with one attached hydrogen (secondary N) is 1. The highest BCUT2D eigenvalue weighted by molar-refractivity contribution is 6.35. The number of pyridine rings is 1. The van der Waals surface area contributed by atoms with E-state index in [1.54, 1.807) is 6.92 Å². The van der Waals surface area contributed by atoms with Gasteiger partial charge in [-0.1, -0.05) is 18.5 Å². The second-order valence-electron chi connectivity index (χ2n) is 3.51. The van der Waals surface area contributed by atoms with Gasteiger partial charge in [0.05, 0.1) is 11.5 Å². The van der Waals surface area contributed by atoms with E-state index in [0.717, 1.165) is 0 Å². The summed E-state index contributed by atoms with van der Waals surface area (Å²) in [5, 5.41) is 10.2. The maximum Gasteiger partial charge on any atom is 0.353 e. The number of carbonyl (C=O) groups is 1. The molecule has 7 nitrogen and oxygen atoms in total. The number of esters is 1. The van der Waals surface area contributed by atoms with Gasteiger partial charge in [0.25, 0.3) is 0 Å². The summed E-state index contributed by atoms with van der Waals surface area (Å²) in [5.74, 6) is -0.793. The number of ether oxygens (including phenoxy) is 1. The number of aromatic amines is 1. The van der Waals surface area contributed by atoms with Crippen molar-refractivity contribution in [3.8, 4) is 0 Å². The highest BCUT2D eigenvalue weighted by Crippen LogP contribution is 2.26. The number of H-pyrrole nitrogens is 1. The van der Waals surface area contributed by atoms with Crippen molar-refractivity contribution >= 4 is 23.3 Å². The van der Waals surface area contributed by atoms with E-state index < -0.39 is 27.2 Å². The average Bonchev–Trinajstić information content (AvgIpc) is 2.24. The van der Waals surface area contributed by atoms with Gasteiger partial charge in [-0.3, -0.25) is 14.9 Å². The Morgan fingerprint density at radius 1 is 1.56 bits per heavy atom. The third-order valence-electron chi connectivity index (χ3n) is 2.14. The van der Waals surface area contributed by atoms with Gasteiger partial charge in [-0.2, -0.15) is 0 Å². The molecule has 0 spiro atoms. The Hall–Kier alpha value is -1.89. The summed E-state index contributed by atoms with van der Waals surface area (Å²) in [6.07, 6.45) is 0.605. The molecule has 0 radical (unpaired) electrons. The average molecular weight is 275 g/mol. The maximum atomic E-state index is 11.7. The molecule has 0 aromatic carbocycles. The van der Waals surface area contributed by atoms with Crippen molar-refractivity contribution in [3.05, 3.63) is 36.7 Å². The van der Waals surface area contributed by atoms with E-state index in [1.807, 2.05) is 0 Å². The van der Waals surface area contributed by atoms with Gasteiger partial charge in [0, 0.05) is 5.69 Å². The zero-order chi connectivity index (χ0) is 13.9. The molecule has 1 aromatic rings. The summed E-state index contributed by atoms with van der Waals surface area (Å²) >= 11 is 5.73. The number of halogens is 1. The molecule has 1 rings (SSSR count). The Bertz CT molecular complexity index is 552. The van der Waals surface area contributed by atoms with Crippen LogP contribution in [0.2, 0.25) is 5.02 Å². The van der Waals surface area contributed by atoms with Crippen LogP contribution in [-0.4, -0.2) is 22.5 Å². The molecule has 1 N–H and O–H groups in total. The Balaban J connectivity index is 3.36. The monoisotopic (exact) mass is 274 g/mol. The van der Waals surface area contributed by atoms with Crippen molar-refractivity contribution in [2.75, 3.05) is 6.61 Å². The molecule has 0 aliphatic heterocycles. The topological polar surface area (TPSA) is 102 Å². The third kappa shape index (κ3) is 2.67. The first-order chi connectivity index (χ1) is 8.40. The first kappa shape index (κ1) is 14.2. The summed E-state index contributed by atoms with van der Waals surface area (Å²) in [7, 11) is 0. The van der Waals surface area contributed by atoms with Gasteiger partial charge in [-0.05, 0) is 13.3 Å². The molecule has 0 saturated carbocycles. The Kier molecular flexibility index (Phi) is 4.43. The van der Waals surface area contributed by atoms with E-state index >= 15 is 0 Å². The summed E-state index contributed by atoms with van der Waals surface area (Å²) in [6, 6.07) is 0. The predicted octanol–water partition coefficient (Wildman–Crippen LogP) is 1.81. The van der Waals surface area contributed by atoms with Gasteiger partial charge in [0.1, 0.15) is 10.6 Å². The minimum absolute atomic E-state index is 0.136. The summed E-state index contributed by atoms with van der Waals surface area (Å²) in [5.41, 5.74) is -1.85. The molecule has 98 valence electrons. The minimum atomic E-state index is -0.949. The molecule has 8 heteroatoms. The lowest BCUT2D eigenvalue weighted by Gasteiger charge is -2.07. The third-order valence-corrected chi connectivity index (χ3v) is 2.51. The molecule has 0 unspecified atom stereocenters. The standard InChI is InChI=1S/C10H11ClN2O5/c1-3-4-18-10(15)6-5(2)12-9(14)8(7(6)11)13(16)17/h3-4H2,1-2H3,(H,12,14). The molecule has 18 heavy (non-hydrogen) atoms. The van der Waals surface area contributed by atoms with Crippen LogP contribution < -0.4 is 5.56 Å². The van der Waals surface area contributed by atoms with Crippen LogP contribution in [0.4, 0.5) is 5.69 Å². The SMILES string of the molecule is CCCOC(=O)c1c(C)[nH]c(=O)c([N+](=O)[O-])c1Cl. The second-order valence-corrected chi connectivity index (χ2v) is 3.89. The van der Waals surface area contributed by atoms with Gasteiger partial charge in [0.2, 0.25) is 0 Å². The molecular weight excluding hydrogens is 264 g/mol. The zero-order valence-electron chi connectivity index (χ0n) is 9.78. The number of nitro groups is 1. The molecule has 0 atom stereocenters. The molecule has 1 heterocycles. The first-order valence-corrected chi connectivity index (χ1v) is 5.51. The molecule has 0 aliphatic carbocycles. The van der Waals surface area contributed by atoms with Gasteiger partial charge in [-0.15, -0.1) is 0 Å². The van der Waals surface area contributed by atoms with Crippen molar-refractivity contribution in [3.63, 3.8) is 0 Å². The highest BCUT2D eigenvalue weighted by Gasteiger charge is 2.27. The van der Waals surface area contributed by atoms with Gasteiger partial charge >= 0.3 is 17.2 Å². The maximum absolute atomic E-state index is 11.7. The van der Waals surface area contributed by atoms with E-state index in [4.69, 9.17) is 16.3 Å². The predicted molar refractivity (Wildman–Crippen MR) is 64.0 cm³/mol. The van der Waals surface area contributed by atoms with Crippen molar-refractivity contribution in [1.82, 2.24) is 4.98 Å². The normalized spacial score (nSPS) is 10.2. The lowest BCUT2D eigenvalue weighted by molar-refractivity contribution is -0.386. The molecular formula is C10H11ClN2O5. The smallest absolute Gasteiger partial charge is 0.353 e. The molecule has 1 aromatic heterocycles. The van der Waals surface area contributed by atoms with Crippen LogP contribution in [0.15, 0.2) is 4.79 Å².